The van der Waals surface area contributed by atoms with Gasteiger partial charge >= 0.3 is 6.03 Å². The number of nitrogens with zero attached hydrogens (tertiary/aromatic N) is 1. The summed E-state index contributed by atoms with van der Waals surface area (Å²) in [5.41, 5.74) is 2.51. The van der Waals surface area contributed by atoms with Gasteiger partial charge in [0.2, 0.25) is 0 Å². The maximum atomic E-state index is 11.6. The molecule has 2 amide bonds. The Hall–Kier alpha value is -2.08. The van der Waals surface area contributed by atoms with Gasteiger partial charge in [-0.3, -0.25) is 0 Å². The molecule has 0 aliphatic carbocycles. The van der Waals surface area contributed by atoms with Gasteiger partial charge in [-0.15, -0.1) is 0 Å². The Morgan fingerprint density at radius 2 is 2.37 bits per heavy atom. The highest BCUT2D eigenvalue weighted by molar-refractivity contribution is 5.91. The molecule has 0 saturated carbocycles. The van der Waals surface area contributed by atoms with E-state index in [1.165, 1.54) is 0 Å². The lowest BCUT2D eigenvalue weighted by atomic mass is 10.3. The zero-order valence-corrected chi connectivity index (χ0v) is 10.9. The Kier molecular flexibility index (Phi) is 4.74. The molecule has 0 aliphatic heterocycles. The number of carbonyl (C=O) groups is 1. The van der Waals surface area contributed by atoms with Crippen molar-refractivity contribution in [1.29, 1.82) is 0 Å². The van der Waals surface area contributed by atoms with Crippen LogP contribution in [0.25, 0.3) is 11.0 Å². The summed E-state index contributed by atoms with van der Waals surface area (Å²) in [6.45, 7) is 3.91. The van der Waals surface area contributed by atoms with Gasteiger partial charge < -0.3 is 20.4 Å². The average molecular weight is 262 g/mol. The maximum absolute atomic E-state index is 11.6. The molecule has 0 fully saturated rings. The molecule has 0 radical (unpaired) electrons. The van der Waals surface area contributed by atoms with E-state index in [0.29, 0.717) is 19.8 Å². The number of imidazole rings is 1. The molecule has 2 rings (SSSR count). The molecule has 1 heterocycles. The fraction of sp³-hybridized carbons (Fsp3) is 0.385. The predicted molar refractivity (Wildman–Crippen MR) is 74.2 cm³/mol. The molecule has 6 nitrogen and oxygen atoms in total. The van der Waals surface area contributed by atoms with E-state index in [4.69, 9.17) is 4.74 Å². The van der Waals surface area contributed by atoms with Gasteiger partial charge in [0.05, 0.1) is 17.4 Å². The first-order chi connectivity index (χ1) is 9.29. The van der Waals surface area contributed by atoms with Gasteiger partial charge in [0.1, 0.15) is 0 Å². The standard InChI is InChI=1S/C13H18N4O2/c1-2-19-7-3-6-14-13(18)17-10-4-5-11-12(8-10)16-9-15-11/h4-5,8-9H,2-3,6-7H2,1H3,(H,15,16)(H2,14,17,18). The van der Waals surface area contributed by atoms with Crippen LogP contribution in [0.4, 0.5) is 10.5 Å². The number of fused-ring (bicyclic) bond motifs is 1. The summed E-state index contributed by atoms with van der Waals surface area (Å²) in [5.74, 6) is 0. The monoisotopic (exact) mass is 262 g/mol. The fourth-order valence-electron chi connectivity index (χ4n) is 1.71. The molecule has 2 aromatic rings. The van der Waals surface area contributed by atoms with Crippen molar-refractivity contribution < 1.29 is 9.53 Å². The Labute approximate surface area is 111 Å². The second-order valence-electron chi connectivity index (χ2n) is 4.07. The predicted octanol–water partition coefficient (Wildman–Crippen LogP) is 2.11. The summed E-state index contributed by atoms with van der Waals surface area (Å²) in [7, 11) is 0. The Morgan fingerprint density at radius 3 is 3.21 bits per heavy atom. The van der Waals surface area contributed by atoms with Gasteiger partial charge in [0.15, 0.2) is 0 Å². The fourth-order valence-corrected chi connectivity index (χ4v) is 1.71. The number of H-pyrrole nitrogens is 1. The molecular formula is C13H18N4O2. The van der Waals surface area contributed by atoms with Crippen LogP contribution in [-0.4, -0.2) is 35.8 Å². The zero-order valence-electron chi connectivity index (χ0n) is 10.9. The number of urea groups is 1. The number of hydrogen-bond donors (Lipinski definition) is 3. The van der Waals surface area contributed by atoms with Gasteiger partial charge in [0, 0.05) is 25.4 Å². The zero-order chi connectivity index (χ0) is 13.5. The van der Waals surface area contributed by atoms with E-state index in [1.54, 1.807) is 6.33 Å². The molecule has 102 valence electrons. The van der Waals surface area contributed by atoms with Crippen molar-refractivity contribution in [2.75, 3.05) is 25.1 Å². The molecule has 3 N–H and O–H groups in total. The van der Waals surface area contributed by atoms with Gasteiger partial charge in [0.25, 0.3) is 0 Å². The molecule has 0 spiro atoms. The summed E-state index contributed by atoms with van der Waals surface area (Å²) >= 11 is 0. The highest BCUT2D eigenvalue weighted by Crippen LogP contribution is 2.15. The number of aromatic nitrogens is 2. The van der Waals surface area contributed by atoms with Crippen LogP contribution in [-0.2, 0) is 4.74 Å². The lowest BCUT2D eigenvalue weighted by Crippen LogP contribution is -2.30. The van der Waals surface area contributed by atoms with E-state index >= 15 is 0 Å². The number of ether oxygens (including phenoxy) is 1. The summed E-state index contributed by atoms with van der Waals surface area (Å²) in [6.07, 6.45) is 2.43. The molecular weight excluding hydrogens is 244 g/mol. The van der Waals surface area contributed by atoms with E-state index in [9.17, 15) is 4.79 Å². The third kappa shape index (κ3) is 3.96. The van der Waals surface area contributed by atoms with Gasteiger partial charge in [-0.25, -0.2) is 9.78 Å². The van der Waals surface area contributed by atoms with Crippen molar-refractivity contribution in [2.45, 2.75) is 13.3 Å². The van der Waals surface area contributed by atoms with Crippen LogP contribution in [0.2, 0.25) is 0 Å². The minimum atomic E-state index is -0.213. The lowest BCUT2D eigenvalue weighted by Gasteiger charge is -2.07. The minimum absolute atomic E-state index is 0.213. The van der Waals surface area contributed by atoms with Crippen LogP contribution < -0.4 is 10.6 Å². The van der Waals surface area contributed by atoms with Crippen molar-refractivity contribution >= 4 is 22.8 Å². The van der Waals surface area contributed by atoms with Crippen molar-refractivity contribution in [3.8, 4) is 0 Å². The Bertz CT molecular complexity index is 538. The maximum Gasteiger partial charge on any atom is 0.319 e. The molecule has 0 atom stereocenters. The minimum Gasteiger partial charge on any atom is -0.382 e. The molecule has 0 saturated heterocycles. The number of rotatable bonds is 6. The summed E-state index contributed by atoms with van der Waals surface area (Å²) in [5, 5.41) is 5.55. The first-order valence-corrected chi connectivity index (χ1v) is 6.35. The van der Waals surface area contributed by atoms with Gasteiger partial charge in [-0.05, 0) is 31.5 Å². The smallest absolute Gasteiger partial charge is 0.319 e. The number of carbonyl (C=O) groups excluding carboxylic acids is 1. The molecule has 6 heteroatoms. The van der Waals surface area contributed by atoms with Crippen molar-refractivity contribution in [1.82, 2.24) is 15.3 Å². The van der Waals surface area contributed by atoms with E-state index in [0.717, 1.165) is 23.1 Å². The summed E-state index contributed by atoms with van der Waals surface area (Å²) in [6, 6.07) is 5.32. The third-order valence-electron chi connectivity index (χ3n) is 2.63. The SMILES string of the molecule is CCOCCCNC(=O)Nc1ccc2nc[nH]c2c1. The van der Waals surface area contributed by atoms with Crippen molar-refractivity contribution in [2.24, 2.45) is 0 Å². The van der Waals surface area contributed by atoms with E-state index < -0.39 is 0 Å². The Balaban J connectivity index is 1.78. The van der Waals surface area contributed by atoms with Crippen LogP contribution >= 0.6 is 0 Å². The molecule has 0 unspecified atom stereocenters. The van der Waals surface area contributed by atoms with E-state index in [2.05, 4.69) is 20.6 Å². The quantitative estimate of drug-likeness (QED) is 0.698. The lowest BCUT2D eigenvalue weighted by molar-refractivity contribution is 0.145. The third-order valence-corrected chi connectivity index (χ3v) is 2.63. The second kappa shape index (κ2) is 6.75. The van der Waals surface area contributed by atoms with Gasteiger partial charge in [-0.1, -0.05) is 0 Å². The number of aromatic amines is 1. The Morgan fingerprint density at radius 1 is 1.47 bits per heavy atom. The van der Waals surface area contributed by atoms with Crippen LogP contribution in [0.3, 0.4) is 0 Å². The summed E-state index contributed by atoms with van der Waals surface area (Å²) < 4.78 is 5.19. The van der Waals surface area contributed by atoms with Crippen molar-refractivity contribution in [3.05, 3.63) is 24.5 Å². The number of amides is 2. The number of hydrogen-bond acceptors (Lipinski definition) is 3. The van der Waals surface area contributed by atoms with Crippen LogP contribution in [0.1, 0.15) is 13.3 Å². The summed E-state index contributed by atoms with van der Waals surface area (Å²) in [4.78, 5) is 18.8. The highest BCUT2D eigenvalue weighted by atomic mass is 16.5. The number of anilines is 1. The largest absolute Gasteiger partial charge is 0.382 e. The second-order valence-corrected chi connectivity index (χ2v) is 4.07. The number of nitrogens with one attached hydrogen (secondary N) is 3. The molecule has 0 bridgehead atoms. The first-order valence-electron chi connectivity index (χ1n) is 6.35. The number of benzene rings is 1. The van der Waals surface area contributed by atoms with Crippen LogP contribution in [0.5, 0.6) is 0 Å². The van der Waals surface area contributed by atoms with E-state index in [1.807, 2.05) is 25.1 Å². The normalized spacial score (nSPS) is 10.6. The van der Waals surface area contributed by atoms with Crippen LogP contribution in [0.15, 0.2) is 24.5 Å². The molecule has 1 aromatic heterocycles. The van der Waals surface area contributed by atoms with Crippen LogP contribution in [0, 0.1) is 0 Å². The van der Waals surface area contributed by atoms with Crippen molar-refractivity contribution in [3.63, 3.8) is 0 Å². The molecule has 19 heavy (non-hydrogen) atoms. The van der Waals surface area contributed by atoms with E-state index in [-0.39, 0.29) is 6.03 Å². The average Bonchev–Trinajstić information content (AvgIpc) is 2.86. The molecule has 0 aliphatic rings. The first kappa shape index (κ1) is 13.4. The topological polar surface area (TPSA) is 79.0 Å². The molecule has 1 aromatic carbocycles. The highest BCUT2D eigenvalue weighted by Gasteiger charge is 2.02. The van der Waals surface area contributed by atoms with Gasteiger partial charge in [-0.2, -0.15) is 0 Å².